The molecule has 0 unspecified atom stereocenters. The Balaban J connectivity index is 2.77. The van der Waals surface area contributed by atoms with E-state index < -0.39 is 22.6 Å². The molecule has 2 N–H and O–H groups in total. The average molecular weight is 295 g/mol. The Morgan fingerprint density at radius 1 is 1.39 bits per heavy atom. The van der Waals surface area contributed by atoms with Crippen molar-refractivity contribution in [2.75, 3.05) is 5.43 Å². The van der Waals surface area contributed by atoms with Gasteiger partial charge in [0.1, 0.15) is 10.8 Å². The third-order valence-electron chi connectivity index (χ3n) is 1.69. The van der Waals surface area contributed by atoms with Gasteiger partial charge in [-0.1, -0.05) is 23.2 Å². The van der Waals surface area contributed by atoms with Crippen molar-refractivity contribution >= 4 is 41.1 Å². The van der Waals surface area contributed by atoms with Gasteiger partial charge in [0.2, 0.25) is 0 Å². The van der Waals surface area contributed by atoms with Gasteiger partial charge in [0.25, 0.3) is 0 Å². The van der Waals surface area contributed by atoms with Crippen LogP contribution in [0, 0.1) is 11.6 Å². The number of carbonyl (C=O) groups is 1. The maximum Gasteiger partial charge on any atom is 0.348 e. The van der Waals surface area contributed by atoms with Crippen LogP contribution in [0.4, 0.5) is 14.5 Å². The number of rotatable bonds is 4. The molecule has 0 radical (unpaired) electrons. The molecule has 1 rings (SSSR count). The van der Waals surface area contributed by atoms with Crippen LogP contribution in [-0.2, 0) is 4.79 Å². The third-order valence-corrected chi connectivity index (χ3v) is 2.44. The number of anilines is 1. The molecule has 1 aromatic carbocycles. The van der Waals surface area contributed by atoms with Gasteiger partial charge in [-0.3, -0.25) is 5.43 Å². The number of hydrazone groups is 1. The van der Waals surface area contributed by atoms with E-state index in [9.17, 15) is 13.6 Å². The molecule has 0 heterocycles. The normalized spacial score (nSPS) is 12.4. The van der Waals surface area contributed by atoms with E-state index in [0.717, 1.165) is 18.3 Å². The second-order valence-corrected chi connectivity index (χ2v) is 3.75. The molecule has 0 atom stereocenters. The van der Waals surface area contributed by atoms with Crippen molar-refractivity contribution < 1.29 is 18.7 Å². The van der Waals surface area contributed by atoms with E-state index in [4.69, 9.17) is 28.3 Å². The van der Waals surface area contributed by atoms with Crippen LogP contribution < -0.4 is 5.43 Å². The predicted molar refractivity (Wildman–Crippen MR) is 64.8 cm³/mol. The molecule has 0 fully saturated rings. The number of aliphatic carboxylic acids is 1. The molecule has 0 aliphatic rings. The molecule has 0 spiro atoms. The third kappa shape index (κ3) is 3.97. The lowest BCUT2D eigenvalue weighted by Gasteiger charge is -2.01. The molecule has 1 aromatic rings. The molecule has 0 amide bonds. The van der Waals surface area contributed by atoms with Crippen molar-refractivity contribution in [3.05, 3.63) is 39.9 Å². The second kappa shape index (κ2) is 6.32. The summed E-state index contributed by atoms with van der Waals surface area (Å²) in [6.45, 7) is 0. The Kier molecular flexibility index (Phi) is 5.06. The molecule has 0 aromatic heterocycles. The standard InChI is InChI=1S/C10H6Cl2F2N2O2/c11-6(9(12)10(17)18)4-15-16-8-2-1-5(13)3-7(8)14/h1-4,16H,(H,17,18)/b9-6-,15-4-. The van der Waals surface area contributed by atoms with Gasteiger partial charge < -0.3 is 5.11 Å². The molecule has 4 nitrogen and oxygen atoms in total. The maximum absolute atomic E-state index is 13.1. The fraction of sp³-hybridized carbons (Fsp3) is 0. The van der Waals surface area contributed by atoms with E-state index in [1.165, 1.54) is 0 Å². The second-order valence-electron chi connectivity index (χ2n) is 2.96. The minimum absolute atomic E-state index is 0.0939. The van der Waals surface area contributed by atoms with Gasteiger partial charge in [-0.2, -0.15) is 5.10 Å². The molecule has 18 heavy (non-hydrogen) atoms. The summed E-state index contributed by atoms with van der Waals surface area (Å²) in [5, 5.41) is 11.0. The van der Waals surface area contributed by atoms with Gasteiger partial charge in [-0.25, -0.2) is 13.6 Å². The minimum atomic E-state index is -1.42. The summed E-state index contributed by atoms with van der Waals surface area (Å²) in [6, 6.07) is 2.82. The highest BCUT2D eigenvalue weighted by Crippen LogP contribution is 2.15. The lowest BCUT2D eigenvalue weighted by molar-refractivity contribution is -0.131. The molecule has 0 aliphatic carbocycles. The van der Waals surface area contributed by atoms with Crippen molar-refractivity contribution in [1.82, 2.24) is 0 Å². The summed E-state index contributed by atoms with van der Waals surface area (Å²) in [5.74, 6) is -2.99. The zero-order valence-electron chi connectivity index (χ0n) is 8.62. The number of halogens is 4. The highest BCUT2D eigenvalue weighted by Gasteiger charge is 2.08. The number of carboxylic acid groups (broad SMARTS) is 1. The Bertz CT molecular complexity index is 533. The number of allylic oxidation sites excluding steroid dienone is 1. The Hall–Kier alpha value is -1.66. The van der Waals surface area contributed by atoms with Crippen LogP contribution in [0.1, 0.15) is 0 Å². The number of hydrogen-bond donors (Lipinski definition) is 2. The van der Waals surface area contributed by atoms with Crippen LogP contribution >= 0.6 is 23.2 Å². The molecule has 0 saturated heterocycles. The van der Waals surface area contributed by atoms with Crippen LogP contribution in [0.3, 0.4) is 0 Å². The fourth-order valence-corrected chi connectivity index (χ4v) is 1.08. The van der Waals surface area contributed by atoms with Gasteiger partial charge >= 0.3 is 5.97 Å². The van der Waals surface area contributed by atoms with Gasteiger partial charge in [0, 0.05) is 6.07 Å². The molecular formula is C10H6Cl2F2N2O2. The fourth-order valence-electron chi connectivity index (χ4n) is 0.897. The SMILES string of the molecule is O=C(O)/C(Cl)=C(Cl)\C=N/Nc1ccc(F)cc1F. The predicted octanol–water partition coefficient (Wildman–Crippen LogP) is 3.14. The number of nitrogens with zero attached hydrogens (tertiary/aromatic N) is 1. The first-order valence-corrected chi connectivity index (χ1v) is 5.20. The van der Waals surface area contributed by atoms with Crippen LogP contribution in [0.25, 0.3) is 0 Å². The van der Waals surface area contributed by atoms with Crippen LogP contribution in [-0.4, -0.2) is 17.3 Å². The molecule has 0 aliphatic heterocycles. The number of hydrogen-bond acceptors (Lipinski definition) is 3. The zero-order valence-corrected chi connectivity index (χ0v) is 10.1. The van der Waals surface area contributed by atoms with E-state index in [1.54, 1.807) is 0 Å². The van der Waals surface area contributed by atoms with Crippen molar-refractivity contribution in [3.63, 3.8) is 0 Å². The summed E-state index contributed by atoms with van der Waals surface area (Å²) in [4.78, 5) is 10.4. The van der Waals surface area contributed by atoms with E-state index in [2.05, 4.69) is 10.5 Å². The molecule has 0 saturated carbocycles. The topological polar surface area (TPSA) is 61.7 Å². The van der Waals surface area contributed by atoms with Gasteiger partial charge in [0.05, 0.1) is 16.9 Å². The number of nitrogens with one attached hydrogen (secondary N) is 1. The van der Waals surface area contributed by atoms with Crippen LogP contribution in [0.2, 0.25) is 0 Å². The molecular weight excluding hydrogens is 289 g/mol. The maximum atomic E-state index is 13.1. The first-order valence-electron chi connectivity index (χ1n) is 4.44. The van der Waals surface area contributed by atoms with Crippen molar-refractivity contribution in [2.24, 2.45) is 5.10 Å². The van der Waals surface area contributed by atoms with Gasteiger partial charge in [0.15, 0.2) is 5.82 Å². The monoisotopic (exact) mass is 294 g/mol. The zero-order chi connectivity index (χ0) is 13.7. The average Bonchev–Trinajstić information content (AvgIpc) is 2.30. The van der Waals surface area contributed by atoms with Gasteiger partial charge in [-0.15, -0.1) is 0 Å². The van der Waals surface area contributed by atoms with Crippen molar-refractivity contribution in [1.29, 1.82) is 0 Å². The van der Waals surface area contributed by atoms with Crippen LogP contribution in [0.15, 0.2) is 33.4 Å². The first-order chi connectivity index (χ1) is 8.41. The van der Waals surface area contributed by atoms with Crippen molar-refractivity contribution in [3.8, 4) is 0 Å². The molecule has 8 heteroatoms. The summed E-state index contributed by atoms with van der Waals surface area (Å²) < 4.78 is 25.7. The van der Waals surface area contributed by atoms with Crippen LogP contribution in [0.5, 0.6) is 0 Å². The van der Waals surface area contributed by atoms with Crippen molar-refractivity contribution in [2.45, 2.75) is 0 Å². The number of benzene rings is 1. The molecule has 96 valence electrons. The Labute approximate surface area is 111 Å². The summed E-state index contributed by atoms with van der Waals surface area (Å²) >= 11 is 10.8. The largest absolute Gasteiger partial charge is 0.477 e. The summed E-state index contributed by atoms with van der Waals surface area (Å²) in [5.41, 5.74) is 2.13. The van der Waals surface area contributed by atoms with Gasteiger partial charge in [-0.05, 0) is 12.1 Å². The Morgan fingerprint density at radius 3 is 2.61 bits per heavy atom. The lowest BCUT2D eigenvalue weighted by Crippen LogP contribution is -1.98. The summed E-state index contributed by atoms with van der Waals surface area (Å²) in [7, 11) is 0. The summed E-state index contributed by atoms with van der Waals surface area (Å²) in [6.07, 6.45) is 0.890. The van der Waals surface area contributed by atoms with E-state index >= 15 is 0 Å². The van der Waals surface area contributed by atoms with E-state index in [-0.39, 0.29) is 10.7 Å². The number of carboxylic acids is 1. The quantitative estimate of drug-likeness (QED) is 0.509. The highest BCUT2D eigenvalue weighted by atomic mass is 35.5. The smallest absolute Gasteiger partial charge is 0.348 e. The highest BCUT2D eigenvalue weighted by molar-refractivity contribution is 6.51. The molecule has 0 bridgehead atoms. The minimum Gasteiger partial charge on any atom is -0.477 e. The first kappa shape index (κ1) is 14.4. The van der Waals surface area contributed by atoms with E-state index in [0.29, 0.717) is 6.07 Å². The Morgan fingerprint density at radius 2 is 2.06 bits per heavy atom. The van der Waals surface area contributed by atoms with E-state index in [1.807, 2.05) is 0 Å². The lowest BCUT2D eigenvalue weighted by atomic mass is 10.3.